The summed E-state index contributed by atoms with van der Waals surface area (Å²) in [5.41, 5.74) is 2.00. The molecule has 0 aliphatic carbocycles. The van der Waals surface area contributed by atoms with E-state index in [1.807, 2.05) is 42.5 Å². The number of halogens is 1. The summed E-state index contributed by atoms with van der Waals surface area (Å²) in [4.78, 5) is 1.15. The van der Waals surface area contributed by atoms with Gasteiger partial charge in [-0.1, -0.05) is 23.7 Å². The molecule has 0 saturated heterocycles. The molecule has 0 radical (unpaired) electrons. The van der Waals surface area contributed by atoms with Crippen LogP contribution in [0.15, 0.2) is 47.4 Å². The Morgan fingerprint density at radius 2 is 1.89 bits per heavy atom. The second-order valence-corrected chi connectivity index (χ2v) is 5.53. The van der Waals surface area contributed by atoms with Crippen molar-refractivity contribution in [1.82, 2.24) is 0 Å². The Kier molecular flexibility index (Phi) is 5.14. The van der Waals surface area contributed by atoms with Gasteiger partial charge < -0.3 is 9.84 Å². The van der Waals surface area contributed by atoms with Gasteiger partial charge in [-0.25, -0.2) is 0 Å². The van der Waals surface area contributed by atoms with E-state index < -0.39 is 0 Å². The predicted octanol–water partition coefficient (Wildman–Crippen LogP) is 4.13. The lowest BCUT2D eigenvalue weighted by Crippen LogP contribution is -1.90. The third kappa shape index (κ3) is 3.90. The van der Waals surface area contributed by atoms with E-state index in [1.165, 1.54) is 0 Å². The SMILES string of the molecule is COc1ccc(Cl)cc1CSc1ccc(CO)cc1. The van der Waals surface area contributed by atoms with Gasteiger partial charge in [0.15, 0.2) is 0 Å². The second kappa shape index (κ2) is 6.85. The average molecular weight is 295 g/mol. The smallest absolute Gasteiger partial charge is 0.123 e. The van der Waals surface area contributed by atoms with Crippen molar-refractivity contribution in [3.05, 3.63) is 58.6 Å². The first-order valence-electron chi connectivity index (χ1n) is 5.88. The number of methoxy groups -OCH3 is 1. The Bertz CT molecular complexity index is 540. The largest absolute Gasteiger partial charge is 0.496 e. The van der Waals surface area contributed by atoms with Crippen LogP contribution in [-0.4, -0.2) is 12.2 Å². The van der Waals surface area contributed by atoms with Gasteiger partial charge in [0.2, 0.25) is 0 Å². The van der Waals surface area contributed by atoms with Crippen LogP contribution in [0.5, 0.6) is 5.75 Å². The second-order valence-electron chi connectivity index (χ2n) is 4.05. The molecule has 0 amide bonds. The summed E-state index contributed by atoms with van der Waals surface area (Å²) in [6.07, 6.45) is 0. The molecule has 100 valence electrons. The van der Waals surface area contributed by atoms with Crippen LogP contribution >= 0.6 is 23.4 Å². The van der Waals surface area contributed by atoms with Crippen molar-refractivity contribution in [3.63, 3.8) is 0 Å². The molecule has 19 heavy (non-hydrogen) atoms. The lowest BCUT2D eigenvalue weighted by molar-refractivity contribution is 0.282. The first kappa shape index (κ1) is 14.3. The first-order valence-corrected chi connectivity index (χ1v) is 7.24. The van der Waals surface area contributed by atoms with E-state index in [0.717, 1.165) is 27.5 Å². The number of benzene rings is 2. The molecule has 0 spiro atoms. The molecule has 4 heteroatoms. The predicted molar refractivity (Wildman–Crippen MR) is 79.9 cm³/mol. The molecule has 0 aliphatic heterocycles. The highest BCUT2D eigenvalue weighted by molar-refractivity contribution is 7.98. The van der Waals surface area contributed by atoms with Crippen LogP contribution < -0.4 is 4.74 Å². The number of ether oxygens (including phenoxy) is 1. The Hall–Kier alpha value is -1.16. The Balaban J connectivity index is 2.07. The summed E-state index contributed by atoms with van der Waals surface area (Å²) in [6.45, 7) is 0.0765. The zero-order chi connectivity index (χ0) is 13.7. The molecule has 0 bridgehead atoms. The van der Waals surface area contributed by atoms with Crippen molar-refractivity contribution in [2.75, 3.05) is 7.11 Å². The molecule has 0 unspecified atom stereocenters. The van der Waals surface area contributed by atoms with Gasteiger partial charge in [-0.2, -0.15) is 0 Å². The van der Waals surface area contributed by atoms with E-state index in [1.54, 1.807) is 18.9 Å². The van der Waals surface area contributed by atoms with Crippen LogP contribution in [0.3, 0.4) is 0 Å². The third-order valence-electron chi connectivity index (χ3n) is 2.74. The van der Waals surface area contributed by atoms with Gasteiger partial charge in [0, 0.05) is 21.2 Å². The van der Waals surface area contributed by atoms with Crippen LogP contribution in [0.25, 0.3) is 0 Å². The highest BCUT2D eigenvalue weighted by atomic mass is 35.5. The number of thioether (sulfide) groups is 1. The van der Waals surface area contributed by atoms with Crippen LogP contribution in [0, 0.1) is 0 Å². The van der Waals surface area contributed by atoms with Crippen LogP contribution in [0.2, 0.25) is 5.02 Å². The van der Waals surface area contributed by atoms with Crippen molar-refractivity contribution in [3.8, 4) is 5.75 Å². The monoisotopic (exact) mass is 294 g/mol. The molecule has 0 atom stereocenters. The topological polar surface area (TPSA) is 29.5 Å². The third-order valence-corrected chi connectivity index (χ3v) is 4.04. The highest BCUT2D eigenvalue weighted by Gasteiger charge is 2.05. The van der Waals surface area contributed by atoms with E-state index in [-0.39, 0.29) is 6.61 Å². The normalized spacial score (nSPS) is 10.5. The van der Waals surface area contributed by atoms with Gasteiger partial charge in [-0.3, -0.25) is 0 Å². The minimum atomic E-state index is 0.0765. The summed E-state index contributed by atoms with van der Waals surface area (Å²) in [7, 11) is 1.66. The molecule has 0 aromatic heterocycles. The minimum absolute atomic E-state index is 0.0765. The molecule has 0 heterocycles. The molecular formula is C15H15ClO2S. The van der Waals surface area contributed by atoms with E-state index in [0.29, 0.717) is 5.02 Å². The lowest BCUT2D eigenvalue weighted by Gasteiger charge is -2.09. The van der Waals surface area contributed by atoms with E-state index in [4.69, 9.17) is 21.4 Å². The molecule has 0 aliphatic rings. The number of aliphatic hydroxyl groups excluding tert-OH is 1. The molecule has 2 aromatic rings. The Labute approximate surface area is 122 Å². The fourth-order valence-electron chi connectivity index (χ4n) is 1.71. The summed E-state index contributed by atoms with van der Waals surface area (Å²) in [5.74, 6) is 1.64. The van der Waals surface area contributed by atoms with Crippen molar-refractivity contribution in [1.29, 1.82) is 0 Å². The number of hydrogen-bond acceptors (Lipinski definition) is 3. The first-order chi connectivity index (χ1) is 9.22. The zero-order valence-electron chi connectivity index (χ0n) is 10.6. The van der Waals surface area contributed by atoms with Crippen LogP contribution in [-0.2, 0) is 12.4 Å². The highest BCUT2D eigenvalue weighted by Crippen LogP contribution is 2.30. The summed E-state index contributed by atoms with van der Waals surface area (Å²) in [6, 6.07) is 13.5. The Morgan fingerprint density at radius 3 is 2.53 bits per heavy atom. The van der Waals surface area contributed by atoms with E-state index in [2.05, 4.69) is 0 Å². The van der Waals surface area contributed by atoms with Gasteiger partial charge in [0.25, 0.3) is 0 Å². The maximum Gasteiger partial charge on any atom is 0.123 e. The number of rotatable bonds is 5. The maximum atomic E-state index is 9.00. The molecule has 2 rings (SSSR count). The minimum Gasteiger partial charge on any atom is -0.496 e. The van der Waals surface area contributed by atoms with Crippen molar-refractivity contribution < 1.29 is 9.84 Å². The van der Waals surface area contributed by atoms with E-state index in [9.17, 15) is 0 Å². The lowest BCUT2D eigenvalue weighted by atomic mass is 10.2. The molecule has 2 aromatic carbocycles. The van der Waals surface area contributed by atoms with Crippen molar-refractivity contribution >= 4 is 23.4 Å². The zero-order valence-corrected chi connectivity index (χ0v) is 12.2. The van der Waals surface area contributed by atoms with Gasteiger partial charge in [0.1, 0.15) is 5.75 Å². The summed E-state index contributed by atoms with van der Waals surface area (Å²) >= 11 is 7.71. The van der Waals surface area contributed by atoms with Crippen LogP contribution in [0.4, 0.5) is 0 Å². The quantitative estimate of drug-likeness (QED) is 0.841. The standard InChI is InChI=1S/C15H15ClO2S/c1-18-15-7-4-13(16)8-12(15)10-19-14-5-2-11(9-17)3-6-14/h2-8,17H,9-10H2,1H3. The molecular weight excluding hydrogens is 280 g/mol. The molecule has 0 saturated carbocycles. The number of hydrogen-bond donors (Lipinski definition) is 1. The fourth-order valence-corrected chi connectivity index (χ4v) is 2.78. The van der Waals surface area contributed by atoms with E-state index >= 15 is 0 Å². The van der Waals surface area contributed by atoms with Gasteiger partial charge in [-0.05, 0) is 35.9 Å². The van der Waals surface area contributed by atoms with Gasteiger partial charge >= 0.3 is 0 Å². The number of aliphatic hydroxyl groups is 1. The Morgan fingerprint density at radius 1 is 1.16 bits per heavy atom. The molecule has 2 nitrogen and oxygen atoms in total. The average Bonchev–Trinajstić information content (AvgIpc) is 2.46. The fraction of sp³-hybridized carbons (Fsp3) is 0.200. The maximum absolute atomic E-state index is 9.00. The van der Waals surface area contributed by atoms with Gasteiger partial charge in [0.05, 0.1) is 13.7 Å². The summed E-state index contributed by atoms with van der Waals surface area (Å²) < 4.78 is 5.32. The van der Waals surface area contributed by atoms with Crippen LogP contribution in [0.1, 0.15) is 11.1 Å². The molecule has 0 fully saturated rings. The summed E-state index contributed by atoms with van der Waals surface area (Å²) in [5, 5.41) is 9.71. The van der Waals surface area contributed by atoms with Crippen molar-refractivity contribution in [2.45, 2.75) is 17.3 Å². The van der Waals surface area contributed by atoms with Gasteiger partial charge in [-0.15, -0.1) is 11.8 Å². The molecule has 1 N–H and O–H groups in total. The van der Waals surface area contributed by atoms with Crippen molar-refractivity contribution in [2.24, 2.45) is 0 Å².